The number of hydrogen-bond donors (Lipinski definition) is 1. The van der Waals surface area contributed by atoms with Gasteiger partial charge in [0.1, 0.15) is 5.75 Å². The third kappa shape index (κ3) is 2.30. The van der Waals surface area contributed by atoms with Gasteiger partial charge in [0.15, 0.2) is 17.8 Å². The molecule has 0 saturated heterocycles. The fraction of sp³-hybridized carbons (Fsp3) is 0.0714. The topological polar surface area (TPSA) is 67.5 Å². The number of benzene rings is 1. The van der Waals surface area contributed by atoms with Gasteiger partial charge in [-0.25, -0.2) is 9.50 Å². The van der Waals surface area contributed by atoms with Crippen LogP contribution in [0.3, 0.4) is 0 Å². The summed E-state index contributed by atoms with van der Waals surface area (Å²) in [5, 5.41) is 13.7. The second-order valence-electron chi connectivity index (χ2n) is 4.26. The molecule has 0 aliphatic rings. The van der Waals surface area contributed by atoms with Crippen molar-refractivity contribution in [1.29, 1.82) is 0 Å². The smallest absolute Gasteiger partial charge is 0.156 e. The van der Waals surface area contributed by atoms with Gasteiger partial charge in [-0.3, -0.25) is 4.79 Å². The third-order valence-corrected chi connectivity index (χ3v) is 2.81. The summed E-state index contributed by atoms with van der Waals surface area (Å²) in [5.74, 6) is 0.873. The first kappa shape index (κ1) is 11.4. The highest BCUT2D eigenvalue weighted by Gasteiger charge is 2.05. The van der Waals surface area contributed by atoms with E-state index < -0.39 is 0 Å². The minimum Gasteiger partial charge on any atom is -0.508 e. The molecule has 94 valence electrons. The van der Waals surface area contributed by atoms with E-state index in [1.165, 1.54) is 0 Å². The van der Waals surface area contributed by atoms with Gasteiger partial charge in [0, 0.05) is 18.2 Å². The number of rotatable bonds is 3. The summed E-state index contributed by atoms with van der Waals surface area (Å²) in [6, 6.07) is 10.4. The molecule has 19 heavy (non-hydrogen) atoms. The number of hydrogen-bond acceptors (Lipinski definition) is 4. The van der Waals surface area contributed by atoms with E-state index in [1.54, 1.807) is 41.0 Å². The molecule has 0 unspecified atom stereocenters. The predicted molar refractivity (Wildman–Crippen MR) is 69.3 cm³/mol. The van der Waals surface area contributed by atoms with Crippen molar-refractivity contribution in [2.24, 2.45) is 0 Å². The van der Waals surface area contributed by atoms with E-state index in [1.807, 2.05) is 6.07 Å². The van der Waals surface area contributed by atoms with Gasteiger partial charge in [0.05, 0.1) is 0 Å². The van der Waals surface area contributed by atoms with Crippen LogP contribution in [0.1, 0.15) is 21.7 Å². The average Bonchev–Trinajstić information content (AvgIpc) is 2.79. The Balaban J connectivity index is 1.95. The van der Waals surface area contributed by atoms with Crippen LogP contribution in [0.25, 0.3) is 5.65 Å². The van der Waals surface area contributed by atoms with E-state index in [9.17, 15) is 9.90 Å². The highest BCUT2D eigenvalue weighted by molar-refractivity contribution is 5.74. The van der Waals surface area contributed by atoms with Crippen molar-refractivity contribution in [3.63, 3.8) is 0 Å². The zero-order chi connectivity index (χ0) is 13.2. The maximum absolute atomic E-state index is 10.7. The van der Waals surface area contributed by atoms with Gasteiger partial charge in [-0.2, -0.15) is 5.10 Å². The van der Waals surface area contributed by atoms with E-state index >= 15 is 0 Å². The Hall–Kier alpha value is -2.69. The number of pyridine rings is 1. The largest absolute Gasteiger partial charge is 0.508 e. The van der Waals surface area contributed by atoms with Crippen molar-refractivity contribution >= 4 is 11.9 Å². The number of aromatic hydroxyl groups is 1. The normalized spacial score (nSPS) is 10.7. The van der Waals surface area contributed by atoms with Crippen LogP contribution in [0.5, 0.6) is 5.75 Å². The van der Waals surface area contributed by atoms with E-state index in [2.05, 4.69) is 10.1 Å². The van der Waals surface area contributed by atoms with Crippen LogP contribution >= 0.6 is 0 Å². The molecule has 0 fully saturated rings. The maximum Gasteiger partial charge on any atom is 0.156 e. The van der Waals surface area contributed by atoms with Crippen molar-refractivity contribution in [2.75, 3.05) is 0 Å². The molecular weight excluding hydrogens is 242 g/mol. The minimum atomic E-state index is 0.226. The highest BCUT2D eigenvalue weighted by atomic mass is 16.3. The molecule has 0 radical (unpaired) electrons. The van der Waals surface area contributed by atoms with Gasteiger partial charge in [-0.15, -0.1) is 0 Å². The lowest BCUT2D eigenvalue weighted by Crippen LogP contribution is -1.93. The van der Waals surface area contributed by atoms with Crippen LogP contribution in [-0.4, -0.2) is 26.0 Å². The van der Waals surface area contributed by atoms with Crippen LogP contribution in [0, 0.1) is 0 Å². The Morgan fingerprint density at radius 3 is 2.95 bits per heavy atom. The lowest BCUT2D eigenvalue weighted by molar-refractivity contribution is 0.112. The van der Waals surface area contributed by atoms with E-state index in [-0.39, 0.29) is 5.75 Å². The van der Waals surface area contributed by atoms with Crippen LogP contribution in [0.4, 0.5) is 0 Å². The SMILES string of the molecule is O=Cc1ccc2nc(Cc3cccc(O)c3)nn2c1. The lowest BCUT2D eigenvalue weighted by Gasteiger charge is -1.97. The van der Waals surface area contributed by atoms with Crippen LogP contribution < -0.4 is 0 Å². The number of phenols is 1. The molecular formula is C14H11N3O2. The zero-order valence-corrected chi connectivity index (χ0v) is 10.0. The summed E-state index contributed by atoms with van der Waals surface area (Å²) in [4.78, 5) is 15.1. The number of aldehydes is 1. The van der Waals surface area contributed by atoms with Crippen molar-refractivity contribution in [3.8, 4) is 5.75 Å². The summed E-state index contributed by atoms with van der Waals surface area (Å²) in [7, 11) is 0. The summed E-state index contributed by atoms with van der Waals surface area (Å²) in [6.45, 7) is 0. The van der Waals surface area contributed by atoms with Crippen molar-refractivity contribution in [3.05, 3.63) is 59.5 Å². The quantitative estimate of drug-likeness (QED) is 0.723. The molecule has 1 aromatic carbocycles. The summed E-state index contributed by atoms with van der Waals surface area (Å²) in [6.07, 6.45) is 2.95. The number of aromatic nitrogens is 3. The first-order chi connectivity index (χ1) is 9.24. The summed E-state index contributed by atoms with van der Waals surface area (Å²) in [5.41, 5.74) is 2.19. The molecule has 0 aliphatic heterocycles. The van der Waals surface area contributed by atoms with Gasteiger partial charge in [0.2, 0.25) is 0 Å². The molecule has 0 bridgehead atoms. The number of carbonyl (C=O) groups is 1. The number of nitrogens with zero attached hydrogens (tertiary/aromatic N) is 3. The van der Waals surface area contributed by atoms with E-state index in [4.69, 9.17) is 0 Å². The molecule has 1 N–H and O–H groups in total. The van der Waals surface area contributed by atoms with Crippen LogP contribution in [0.15, 0.2) is 42.6 Å². The van der Waals surface area contributed by atoms with Crippen LogP contribution in [-0.2, 0) is 6.42 Å². The fourth-order valence-corrected chi connectivity index (χ4v) is 1.94. The Bertz CT molecular complexity index is 749. The predicted octanol–water partition coefficient (Wildman–Crippen LogP) is 1.84. The molecule has 2 aromatic heterocycles. The summed E-state index contributed by atoms with van der Waals surface area (Å²) >= 11 is 0. The van der Waals surface area contributed by atoms with E-state index in [0.29, 0.717) is 23.5 Å². The molecule has 3 rings (SSSR count). The lowest BCUT2D eigenvalue weighted by atomic mass is 10.1. The van der Waals surface area contributed by atoms with Gasteiger partial charge >= 0.3 is 0 Å². The molecule has 0 saturated carbocycles. The monoisotopic (exact) mass is 253 g/mol. The average molecular weight is 253 g/mol. The molecule has 0 spiro atoms. The highest BCUT2D eigenvalue weighted by Crippen LogP contribution is 2.14. The molecule has 0 amide bonds. The van der Waals surface area contributed by atoms with Gasteiger partial charge in [-0.05, 0) is 29.8 Å². The molecule has 0 atom stereocenters. The van der Waals surface area contributed by atoms with Crippen molar-refractivity contribution < 1.29 is 9.90 Å². The Morgan fingerprint density at radius 2 is 2.16 bits per heavy atom. The Morgan fingerprint density at radius 1 is 1.26 bits per heavy atom. The van der Waals surface area contributed by atoms with Crippen molar-refractivity contribution in [1.82, 2.24) is 14.6 Å². The second-order valence-corrected chi connectivity index (χ2v) is 4.26. The number of phenolic OH excluding ortho intramolecular Hbond substituents is 1. The number of fused-ring (bicyclic) bond motifs is 1. The minimum absolute atomic E-state index is 0.226. The Labute approximate surface area is 109 Å². The molecule has 0 aliphatic carbocycles. The number of carbonyl (C=O) groups excluding carboxylic acids is 1. The first-order valence-corrected chi connectivity index (χ1v) is 5.83. The standard InChI is InChI=1S/C14H11N3O2/c18-9-11-4-5-14-15-13(16-17(14)8-11)7-10-2-1-3-12(19)6-10/h1-6,8-9,19H,7H2. The maximum atomic E-state index is 10.7. The van der Waals surface area contributed by atoms with Crippen molar-refractivity contribution in [2.45, 2.75) is 6.42 Å². The van der Waals surface area contributed by atoms with E-state index in [0.717, 1.165) is 11.8 Å². The van der Waals surface area contributed by atoms with Gasteiger partial charge in [0.25, 0.3) is 0 Å². The molecule has 2 heterocycles. The summed E-state index contributed by atoms with van der Waals surface area (Å²) < 4.78 is 1.59. The molecule has 5 nitrogen and oxygen atoms in total. The zero-order valence-electron chi connectivity index (χ0n) is 10.0. The third-order valence-electron chi connectivity index (χ3n) is 2.81. The molecule has 3 aromatic rings. The Kier molecular flexibility index (Phi) is 2.72. The van der Waals surface area contributed by atoms with Gasteiger partial charge in [-0.1, -0.05) is 12.1 Å². The molecule has 5 heteroatoms. The van der Waals surface area contributed by atoms with Gasteiger partial charge < -0.3 is 5.11 Å². The fourth-order valence-electron chi connectivity index (χ4n) is 1.94. The van der Waals surface area contributed by atoms with Crippen LogP contribution in [0.2, 0.25) is 0 Å². The second kappa shape index (κ2) is 4.53. The first-order valence-electron chi connectivity index (χ1n) is 5.83.